The van der Waals surface area contributed by atoms with Gasteiger partial charge in [-0.2, -0.15) is 0 Å². The maximum absolute atomic E-state index is 11.7. The summed E-state index contributed by atoms with van der Waals surface area (Å²) in [5, 5.41) is 0. The Bertz CT molecular complexity index is 463. The molecule has 0 unspecified atom stereocenters. The molecule has 2 heterocycles. The van der Waals surface area contributed by atoms with Crippen molar-refractivity contribution in [1.29, 1.82) is 0 Å². The minimum atomic E-state index is -0.102. The highest BCUT2D eigenvalue weighted by atomic mass is 16.3. The largest absolute Gasteiger partial charge is 0.472 e. The molecule has 0 amide bonds. The molecule has 4 nitrogen and oxygen atoms in total. The Hall–Kier alpha value is -2.10. The molecule has 0 saturated carbocycles. The van der Waals surface area contributed by atoms with Crippen LogP contribution < -0.4 is 5.73 Å². The van der Waals surface area contributed by atoms with Gasteiger partial charge >= 0.3 is 0 Å². The van der Waals surface area contributed by atoms with E-state index < -0.39 is 0 Å². The number of hydrogen-bond acceptors (Lipinski definition) is 4. The molecule has 0 aromatic carbocycles. The van der Waals surface area contributed by atoms with Crippen LogP contribution in [-0.4, -0.2) is 10.8 Å². The second-order valence-corrected chi connectivity index (χ2v) is 3.17. The zero-order valence-electron chi connectivity index (χ0n) is 8.01. The van der Waals surface area contributed by atoms with Crippen LogP contribution in [0.4, 0.5) is 5.69 Å². The first-order valence-corrected chi connectivity index (χ1v) is 4.52. The van der Waals surface area contributed by atoms with Gasteiger partial charge in [-0.05, 0) is 23.8 Å². The van der Waals surface area contributed by atoms with Gasteiger partial charge in [0.25, 0.3) is 0 Å². The first-order valence-electron chi connectivity index (χ1n) is 4.52. The summed E-state index contributed by atoms with van der Waals surface area (Å²) < 4.78 is 4.88. The topological polar surface area (TPSA) is 69.1 Å². The highest BCUT2D eigenvalue weighted by Crippen LogP contribution is 2.11. The van der Waals surface area contributed by atoms with Crippen LogP contribution >= 0.6 is 0 Å². The maximum Gasteiger partial charge on any atom is 0.187 e. The summed E-state index contributed by atoms with van der Waals surface area (Å²) in [4.78, 5) is 15.7. The van der Waals surface area contributed by atoms with E-state index in [1.54, 1.807) is 24.4 Å². The van der Waals surface area contributed by atoms with Crippen molar-refractivity contribution in [3.8, 4) is 0 Å². The minimum absolute atomic E-state index is 0.102. The molecule has 0 aliphatic rings. The summed E-state index contributed by atoms with van der Waals surface area (Å²) in [5.41, 5.74) is 7.19. The molecule has 0 atom stereocenters. The number of aromatic nitrogens is 1. The number of carbonyl (C=O) groups excluding carboxylic acids is 1. The normalized spacial score (nSPS) is 10.1. The predicted molar refractivity (Wildman–Crippen MR) is 55.4 cm³/mol. The fraction of sp³-hybridized carbons (Fsp3) is 0.0909. The Labute approximate surface area is 86.7 Å². The number of carbonyl (C=O) groups is 1. The first-order chi connectivity index (χ1) is 7.27. The lowest BCUT2D eigenvalue weighted by molar-refractivity contribution is 0.0989. The Morgan fingerprint density at radius 3 is 3.00 bits per heavy atom. The van der Waals surface area contributed by atoms with E-state index in [1.165, 1.54) is 12.5 Å². The van der Waals surface area contributed by atoms with Crippen LogP contribution in [0.2, 0.25) is 0 Å². The summed E-state index contributed by atoms with van der Waals surface area (Å²) >= 11 is 0. The number of pyridine rings is 1. The number of anilines is 1. The number of Topliss-reactive ketones (excluding diaryl/α,β-unsaturated/α-hetero) is 1. The van der Waals surface area contributed by atoms with Crippen molar-refractivity contribution < 1.29 is 9.21 Å². The molecular formula is C11H10N2O2. The quantitative estimate of drug-likeness (QED) is 0.769. The molecule has 0 radical (unpaired) electrons. The van der Waals surface area contributed by atoms with Gasteiger partial charge in [0, 0.05) is 12.6 Å². The lowest BCUT2D eigenvalue weighted by atomic mass is 10.1. The van der Waals surface area contributed by atoms with E-state index in [-0.39, 0.29) is 12.2 Å². The number of ketones is 1. The van der Waals surface area contributed by atoms with Gasteiger partial charge in [0.15, 0.2) is 5.78 Å². The van der Waals surface area contributed by atoms with Crippen molar-refractivity contribution in [3.63, 3.8) is 0 Å². The molecule has 0 spiro atoms. The lowest BCUT2D eigenvalue weighted by Gasteiger charge is -2.01. The van der Waals surface area contributed by atoms with Crippen LogP contribution in [0.25, 0.3) is 0 Å². The molecule has 0 saturated heterocycles. The molecule has 4 heteroatoms. The second-order valence-electron chi connectivity index (χ2n) is 3.17. The van der Waals surface area contributed by atoms with Gasteiger partial charge in [-0.15, -0.1) is 0 Å². The SMILES string of the molecule is Nc1cccnc1C(=O)Cc1ccoc1. The summed E-state index contributed by atoms with van der Waals surface area (Å²) in [6.45, 7) is 0. The Kier molecular flexibility index (Phi) is 2.49. The fourth-order valence-electron chi connectivity index (χ4n) is 1.31. The van der Waals surface area contributed by atoms with Crippen molar-refractivity contribution >= 4 is 11.5 Å². The van der Waals surface area contributed by atoms with Crippen molar-refractivity contribution in [1.82, 2.24) is 4.98 Å². The van der Waals surface area contributed by atoms with E-state index in [4.69, 9.17) is 10.2 Å². The number of hydrogen-bond donors (Lipinski definition) is 1. The average molecular weight is 202 g/mol. The summed E-state index contributed by atoms with van der Waals surface area (Å²) in [6.07, 6.45) is 4.89. The molecule has 2 rings (SSSR count). The Balaban J connectivity index is 2.19. The number of rotatable bonds is 3. The van der Waals surface area contributed by atoms with Crippen LogP contribution in [0, 0.1) is 0 Å². The third-order valence-electron chi connectivity index (χ3n) is 2.05. The van der Waals surface area contributed by atoms with Gasteiger partial charge in [0.05, 0.1) is 18.2 Å². The van der Waals surface area contributed by atoms with Gasteiger partial charge in [-0.3, -0.25) is 9.78 Å². The standard InChI is InChI=1S/C11H10N2O2/c12-9-2-1-4-13-11(9)10(14)6-8-3-5-15-7-8/h1-5,7H,6,12H2. The molecule has 0 aliphatic heterocycles. The number of furan rings is 1. The molecule has 0 fully saturated rings. The fourth-order valence-corrected chi connectivity index (χ4v) is 1.31. The summed E-state index contributed by atoms with van der Waals surface area (Å²) in [7, 11) is 0. The van der Waals surface area contributed by atoms with Crippen LogP contribution in [-0.2, 0) is 6.42 Å². The van der Waals surface area contributed by atoms with Gasteiger partial charge < -0.3 is 10.2 Å². The van der Waals surface area contributed by atoms with E-state index in [0.717, 1.165) is 5.56 Å². The predicted octanol–water partition coefficient (Wildman–Crippen LogP) is 1.68. The van der Waals surface area contributed by atoms with Crippen molar-refractivity contribution in [2.75, 3.05) is 5.73 Å². The molecule has 0 aliphatic carbocycles. The van der Waals surface area contributed by atoms with Gasteiger partial charge in [0.1, 0.15) is 5.69 Å². The maximum atomic E-state index is 11.7. The van der Waals surface area contributed by atoms with Crippen molar-refractivity contribution in [2.24, 2.45) is 0 Å². The molecular weight excluding hydrogens is 192 g/mol. The zero-order chi connectivity index (χ0) is 10.7. The van der Waals surface area contributed by atoms with Gasteiger partial charge in [-0.25, -0.2) is 0 Å². The molecule has 76 valence electrons. The van der Waals surface area contributed by atoms with Crippen LogP contribution in [0.5, 0.6) is 0 Å². The molecule has 15 heavy (non-hydrogen) atoms. The summed E-state index contributed by atoms with van der Waals surface area (Å²) in [6, 6.07) is 5.11. The molecule has 2 aromatic heterocycles. The minimum Gasteiger partial charge on any atom is -0.472 e. The average Bonchev–Trinajstić information content (AvgIpc) is 2.71. The second kappa shape index (κ2) is 3.96. The van der Waals surface area contributed by atoms with E-state index in [0.29, 0.717) is 11.4 Å². The van der Waals surface area contributed by atoms with Crippen molar-refractivity contribution in [3.05, 3.63) is 48.2 Å². The lowest BCUT2D eigenvalue weighted by Crippen LogP contribution is -2.08. The number of nitrogens with two attached hydrogens (primary N) is 1. The van der Waals surface area contributed by atoms with Crippen molar-refractivity contribution in [2.45, 2.75) is 6.42 Å². The Morgan fingerprint density at radius 2 is 2.33 bits per heavy atom. The number of nitrogen functional groups attached to an aromatic ring is 1. The first kappa shape index (κ1) is 9.45. The van der Waals surface area contributed by atoms with E-state index in [9.17, 15) is 4.79 Å². The van der Waals surface area contributed by atoms with Gasteiger partial charge in [0.2, 0.25) is 0 Å². The van der Waals surface area contributed by atoms with Crippen LogP contribution in [0.15, 0.2) is 41.3 Å². The number of nitrogens with zero attached hydrogens (tertiary/aromatic N) is 1. The van der Waals surface area contributed by atoms with E-state index in [1.807, 2.05) is 0 Å². The smallest absolute Gasteiger partial charge is 0.187 e. The highest BCUT2D eigenvalue weighted by molar-refractivity contribution is 5.99. The third kappa shape index (κ3) is 2.04. The zero-order valence-corrected chi connectivity index (χ0v) is 8.01. The van der Waals surface area contributed by atoms with Gasteiger partial charge in [-0.1, -0.05) is 0 Å². The Morgan fingerprint density at radius 1 is 1.47 bits per heavy atom. The molecule has 2 aromatic rings. The molecule has 0 bridgehead atoms. The van der Waals surface area contributed by atoms with Crippen LogP contribution in [0.3, 0.4) is 0 Å². The monoisotopic (exact) mass is 202 g/mol. The highest BCUT2D eigenvalue weighted by Gasteiger charge is 2.11. The third-order valence-corrected chi connectivity index (χ3v) is 2.05. The summed E-state index contributed by atoms with van der Waals surface area (Å²) in [5.74, 6) is -0.102. The molecule has 2 N–H and O–H groups in total. The van der Waals surface area contributed by atoms with E-state index >= 15 is 0 Å². The van der Waals surface area contributed by atoms with E-state index in [2.05, 4.69) is 4.98 Å². The van der Waals surface area contributed by atoms with Crippen LogP contribution in [0.1, 0.15) is 16.1 Å².